The lowest BCUT2D eigenvalue weighted by atomic mass is 10.1. The standard InChI is InChI=1S/C28H23BrN4O3S/c1-4-13-36-26-23(29)14-19(15-25(26)35-3)16-30-33-27(34)21-9-7-20(8-10-21)24-17-37-28(32-24)31-22-11-5-18(2)6-12-22/h1,5-12,14-17H,13H2,2-3H3,(H,31,32)(H,33,34)/b30-16-. The Morgan fingerprint density at radius 3 is 2.65 bits per heavy atom. The smallest absolute Gasteiger partial charge is 0.271 e. The molecule has 0 radical (unpaired) electrons. The third kappa shape index (κ3) is 6.76. The summed E-state index contributed by atoms with van der Waals surface area (Å²) in [6.07, 6.45) is 6.78. The molecular weight excluding hydrogens is 552 g/mol. The van der Waals surface area contributed by atoms with E-state index in [0.717, 1.165) is 22.1 Å². The van der Waals surface area contributed by atoms with Crippen LogP contribution in [-0.4, -0.2) is 30.8 Å². The molecule has 1 aromatic heterocycles. The van der Waals surface area contributed by atoms with E-state index >= 15 is 0 Å². The molecule has 0 aliphatic heterocycles. The van der Waals surface area contributed by atoms with E-state index in [0.29, 0.717) is 27.1 Å². The molecule has 1 amide bonds. The summed E-state index contributed by atoms with van der Waals surface area (Å²) in [5, 5.41) is 10.2. The predicted molar refractivity (Wildman–Crippen MR) is 152 cm³/mol. The molecule has 1 heterocycles. The summed E-state index contributed by atoms with van der Waals surface area (Å²) in [5.41, 5.74) is 7.65. The highest BCUT2D eigenvalue weighted by molar-refractivity contribution is 9.10. The van der Waals surface area contributed by atoms with Gasteiger partial charge in [0.2, 0.25) is 0 Å². The van der Waals surface area contributed by atoms with Crippen LogP contribution in [-0.2, 0) is 0 Å². The van der Waals surface area contributed by atoms with Crippen molar-refractivity contribution in [2.75, 3.05) is 19.0 Å². The van der Waals surface area contributed by atoms with E-state index < -0.39 is 0 Å². The van der Waals surface area contributed by atoms with Crippen LogP contribution in [0.4, 0.5) is 10.8 Å². The van der Waals surface area contributed by atoms with E-state index in [1.54, 1.807) is 24.3 Å². The van der Waals surface area contributed by atoms with E-state index in [-0.39, 0.29) is 12.5 Å². The molecule has 0 aliphatic carbocycles. The third-order valence-electron chi connectivity index (χ3n) is 5.18. The van der Waals surface area contributed by atoms with Gasteiger partial charge in [-0.15, -0.1) is 17.8 Å². The first-order valence-electron chi connectivity index (χ1n) is 11.1. The molecule has 186 valence electrons. The number of hydrogen-bond acceptors (Lipinski definition) is 7. The highest BCUT2D eigenvalue weighted by atomic mass is 79.9. The first kappa shape index (κ1) is 25.9. The lowest BCUT2D eigenvalue weighted by Crippen LogP contribution is -2.17. The maximum absolute atomic E-state index is 12.6. The van der Waals surface area contributed by atoms with Gasteiger partial charge in [0.05, 0.1) is 23.5 Å². The lowest BCUT2D eigenvalue weighted by molar-refractivity contribution is 0.0955. The Morgan fingerprint density at radius 2 is 1.95 bits per heavy atom. The SMILES string of the molecule is C#CCOc1c(Br)cc(/C=N\NC(=O)c2ccc(-c3csc(Nc4ccc(C)cc4)n3)cc2)cc1OC. The molecule has 0 unspecified atom stereocenters. The fourth-order valence-corrected chi connectivity index (χ4v) is 4.63. The maximum Gasteiger partial charge on any atom is 0.271 e. The van der Waals surface area contributed by atoms with Gasteiger partial charge in [-0.05, 0) is 64.8 Å². The number of aryl methyl sites for hydroxylation is 1. The van der Waals surface area contributed by atoms with Gasteiger partial charge in [-0.3, -0.25) is 4.79 Å². The Labute approximate surface area is 227 Å². The largest absolute Gasteiger partial charge is 0.493 e. The average Bonchev–Trinajstić information content (AvgIpc) is 3.37. The van der Waals surface area contributed by atoms with Crippen molar-refractivity contribution >= 4 is 50.2 Å². The van der Waals surface area contributed by atoms with E-state index in [4.69, 9.17) is 15.9 Å². The van der Waals surface area contributed by atoms with E-state index in [9.17, 15) is 4.79 Å². The summed E-state index contributed by atoms with van der Waals surface area (Å²) in [6.45, 7) is 2.17. The van der Waals surface area contributed by atoms with Crippen molar-refractivity contribution in [3.8, 4) is 35.1 Å². The zero-order chi connectivity index (χ0) is 26.2. The number of terminal acetylenes is 1. The number of benzene rings is 3. The van der Waals surface area contributed by atoms with Crippen LogP contribution in [0.25, 0.3) is 11.3 Å². The van der Waals surface area contributed by atoms with Crippen LogP contribution in [0.3, 0.4) is 0 Å². The van der Waals surface area contributed by atoms with Gasteiger partial charge in [0.15, 0.2) is 16.6 Å². The number of hydrazone groups is 1. The predicted octanol–water partition coefficient (Wildman–Crippen LogP) is 6.41. The van der Waals surface area contributed by atoms with Crippen molar-refractivity contribution in [3.63, 3.8) is 0 Å². The number of thiazole rings is 1. The van der Waals surface area contributed by atoms with Crippen molar-refractivity contribution in [1.29, 1.82) is 0 Å². The topological polar surface area (TPSA) is 84.8 Å². The molecule has 4 aromatic rings. The lowest BCUT2D eigenvalue weighted by Gasteiger charge is -2.11. The first-order chi connectivity index (χ1) is 18.0. The molecule has 4 rings (SSSR count). The Kier molecular flexibility index (Phi) is 8.56. The zero-order valence-corrected chi connectivity index (χ0v) is 22.5. The van der Waals surface area contributed by atoms with Crippen LogP contribution in [0.1, 0.15) is 21.5 Å². The van der Waals surface area contributed by atoms with Crippen molar-refractivity contribution in [1.82, 2.24) is 10.4 Å². The fraction of sp³-hybridized carbons (Fsp3) is 0.107. The van der Waals surface area contributed by atoms with Gasteiger partial charge in [-0.25, -0.2) is 10.4 Å². The van der Waals surface area contributed by atoms with E-state index in [1.807, 2.05) is 41.8 Å². The Hall–Kier alpha value is -4.13. The van der Waals surface area contributed by atoms with Crippen LogP contribution in [0, 0.1) is 19.3 Å². The number of anilines is 2. The molecule has 0 fully saturated rings. The number of aromatic nitrogens is 1. The Morgan fingerprint density at radius 1 is 1.19 bits per heavy atom. The summed E-state index contributed by atoms with van der Waals surface area (Å²) in [6, 6.07) is 18.9. The number of ether oxygens (including phenoxy) is 2. The van der Waals surface area contributed by atoms with Crippen molar-refractivity contribution < 1.29 is 14.3 Å². The van der Waals surface area contributed by atoms with Crippen molar-refractivity contribution in [2.24, 2.45) is 5.10 Å². The van der Waals surface area contributed by atoms with Gasteiger partial charge in [0.1, 0.15) is 6.61 Å². The number of halogens is 1. The third-order valence-corrected chi connectivity index (χ3v) is 6.53. The number of carbonyl (C=O) groups is 1. The molecule has 0 spiro atoms. The number of carbonyl (C=O) groups excluding carboxylic acids is 1. The molecule has 0 saturated heterocycles. The van der Waals surface area contributed by atoms with Crippen molar-refractivity contribution in [2.45, 2.75) is 6.92 Å². The van der Waals surface area contributed by atoms with Gasteiger partial charge in [0, 0.05) is 22.2 Å². The van der Waals surface area contributed by atoms with E-state index in [1.165, 1.54) is 30.2 Å². The normalized spacial score (nSPS) is 10.6. The monoisotopic (exact) mass is 574 g/mol. The molecule has 0 atom stereocenters. The molecule has 7 nitrogen and oxygen atoms in total. The first-order valence-corrected chi connectivity index (χ1v) is 12.8. The quantitative estimate of drug-likeness (QED) is 0.137. The molecule has 3 aromatic carbocycles. The molecule has 0 saturated carbocycles. The molecule has 0 bridgehead atoms. The fourth-order valence-electron chi connectivity index (χ4n) is 3.31. The molecule has 9 heteroatoms. The van der Waals surface area contributed by atoms with Crippen molar-refractivity contribution in [3.05, 3.63) is 87.2 Å². The number of nitrogens with one attached hydrogen (secondary N) is 2. The van der Waals surface area contributed by atoms with Gasteiger partial charge in [0.25, 0.3) is 5.91 Å². The van der Waals surface area contributed by atoms with Crippen LogP contribution in [0.5, 0.6) is 11.5 Å². The Bertz CT molecular complexity index is 1460. The second-order valence-electron chi connectivity index (χ2n) is 7.83. The molecule has 37 heavy (non-hydrogen) atoms. The highest BCUT2D eigenvalue weighted by Crippen LogP contribution is 2.36. The minimum atomic E-state index is -0.331. The summed E-state index contributed by atoms with van der Waals surface area (Å²) in [5.74, 6) is 3.08. The number of hydrogen-bond donors (Lipinski definition) is 2. The second kappa shape index (κ2) is 12.2. The zero-order valence-electron chi connectivity index (χ0n) is 20.1. The van der Waals surface area contributed by atoms with E-state index in [2.05, 4.69) is 49.6 Å². The van der Waals surface area contributed by atoms with Gasteiger partial charge < -0.3 is 14.8 Å². The van der Waals surface area contributed by atoms with Crippen LogP contribution in [0.2, 0.25) is 0 Å². The number of methoxy groups -OCH3 is 1. The minimum absolute atomic E-state index is 0.116. The number of nitrogens with zero attached hydrogens (tertiary/aromatic N) is 2. The van der Waals surface area contributed by atoms with Crippen LogP contribution in [0.15, 0.2) is 75.6 Å². The second-order valence-corrected chi connectivity index (χ2v) is 9.54. The van der Waals surface area contributed by atoms with Crippen LogP contribution >= 0.6 is 27.3 Å². The molecule has 2 N–H and O–H groups in total. The van der Waals surface area contributed by atoms with Crippen LogP contribution < -0.4 is 20.2 Å². The summed E-state index contributed by atoms with van der Waals surface area (Å²) >= 11 is 4.96. The minimum Gasteiger partial charge on any atom is -0.493 e. The highest BCUT2D eigenvalue weighted by Gasteiger charge is 2.11. The number of rotatable bonds is 9. The number of amides is 1. The van der Waals surface area contributed by atoms with Gasteiger partial charge >= 0.3 is 0 Å². The maximum atomic E-state index is 12.6. The molecule has 0 aliphatic rings. The van der Waals surface area contributed by atoms with Gasteiger partial charge in [-0.2, -0.15) is 5.10 Å². The molecular formula is C28H23BrN4O3S. The summed E-state index contributed by atoms with van der Waals surface area (Å²) in [7, 11) is 1.53. The Balaban J connectivity index is 1.37. The average molecular weight is 575 g/mol. The summed E-state index contributed by atoms with van der Waals surface area (Å²) in [4.78, 5) is 17.2. The van der Waals surface area contributed by atoms with Gasteiger partial charge in [-0.1, -0.05) is 35.7 Å². The summed E-state index contributed by atoms with van der Waals surface area (Å²) < 4.78 is 11.5.